The van der Waals surface area contributed by atoms with E-state index in [4.69, 9.17) is 14.2 Å². The molecule has 0 aliphatic carbocycles. The molecule has 3 heteroatoms. The van der Waals surface area contributed by atoms with Gasteiger partial charge < -0.3 is 14.2 Å². The maximum absolute atomic E-state index is 5.32. The van der Waals surface area contributed by atoms with Gasteiger partial charge in [-0.05, 0) is 17.7 Å². The van der Waals surface area contributed by atoms with Crippen LogP contribution in [0.1, 0.15) is 19.4 Å². The van der Waals surface area contributed by atoms with Gasteiger partial charge in [0.1, 0.15) is 0 Å². The van der Waals surface area contributed by atoms with E-state index in [1.807, 2.05) is 18.2 Å². The molecule has 0 bridgehead atoms. The van der Waals surface area contributed by atoms with Crippen molar-refractivity contribution in [2.75, 3.05) is 21.3 Å². The van der Waals surface area contributed by atoms with Crippen molar-refractivity contribution < 1.29 is 14.2 Å². The molecule has 0 heterocycles. The van der Waals surface area contributed by atoms with Crippen LogP contribution in [0, 0.1) is 0 Å². The van der Waals surface area contributed by atoms with Crippen molar-refractivity contribution in [2.45, 2.75) is 19.3 Å². The predicted molar refractivity (Wildman–Crippen MR) is 69.3 cm³/mol. The first kappa shape index (κ1) is 13.4. The van der Waals surface area contributed by atoms with Crippen molar-refractivity contribution in [1.82, 2.24) is 0 Å². The van der Waals surface area contributed by atoms with Crippen LogP contribution in [0.2, 0.25) is 0 Å². The lowest BCUT2D eigenvalue weighted by Gasteiger charge is -2.23. The van der Waals surface area contributed by atoms with E-state index in [1.54, 1.807) is 21.3 Å². The molecule has 0 atom stereocenters. The zero-order valence-electron chi connectivity index (χ0n) is 11.2. The molecule has 0 aliphatic rings. The van der Waals surface area contributed by atoms with Crippen LogP contribution in [0.15, 0.2) is 24.8 Å². The Bertz CT molecular complexity index is 383. The van der Waals surface area contributed by atoms with E-state index >= 15 is 0 Å². The standard InChI is InChI=1S/C14H20O3/c1-7-14(2,3)10-8-11(15-4)13(17-6)12(9-10)16-5/h7-9H,1H2,2-6H3. The second-order valence-corrected chi connectivity index (χ2v) is 4.34. The average Bonchev–Trinajstić information content (AvgIpc) is 2.36. The van der Waals surface area contributed by atoms with E-state index < -0.39 is 0 Å². The van der Waals surface area contributed by atoms with Gasteiger partial charge in [-0.2, -0.15) is 0 Å². The van der Waals surface area contributed by atoms with E-state index in [-0.39, 0.29) is 5.41 Å². The summed E-state index contributed by atoms with van der Waals surface area (Å²) in [5.41, 5.74) is 0.925. The van der Waals surface area contributed by atoms with Crippen molar-refractivity contribution in [3.63, 3.8) is 0 Å². The van der Waals surface area contributed by atoms with Crippen LogP contribution < -0.4 is 14.2 Å². The average molecular weight is 236 g/mol. The summed E-state index contributed by atoms with van der Waals surface area (Å²) >= 11 is 0. The van der Waals surface area contributed by atoms with Crippen molar-refractivity contribution in [3.8, 4) is 17.2 Å². The second-order valence-electron chi connectivity index (χ2n) is 4.34. The molecule has 0 amide bonds. The van der Waals surface area contributed by atoms with E-state index in [0.717, 1.165) is 5.56 Å². The molecule has 0 unspecified atom stereocenters. The largest absolute Gasteiger partial charge is 0.493 e. The molecule has 94 valence electrons. The Morgan fingerprint density at radius 1 is 1.00 bits per heavy atom. The molecule has 0 fully saturated rings. The van der Waals surface area contributed by atoms with Crippen molar-refractivity contribution in [2.24, 2.45) is 0 Å². The Labute approximate surface area is 103 Å². The molecular weight excluding hydrogens is 216 g/mol. The highest BCUT2D eigenvalue weighted by Gasteiger charge is 2.21. The maximum atomic E-state index is 5.32. The van der Waals surface area contributed by atoms with Gasteiger partial charge in [0, 0.05) is 5.41 Å². The summed E-state index contributed by atoms with van der Waals surface area (Å²) in [6.45, 7) is 8.02. The minimum absolute atomic E-state index is 0.146. The first-order valence-electron chi connectivity index (χ1n) is 5.44. The summed E-state index contributed by atoms with van der Waals surface area (Å²) in [5.74, 6) is 1.94. The molecule has 0 aromatic heterocycles. The Balaban J connectivity index is 3.42. The van der Waals surface area contributed by atoms with Crippen LogP contribution >= 0.6 is 0 Å². The zero-order valence-corrected chi connectivity index (χ0v) is 11.2. The van der Waals surface area contributed by atoms with Crippen LogP contribution in [0.4, 0.5) is 0 Å². The quantitative estimate of drug-likeness (QED) is 0.735. The minimum Gasteiger partial charge on any atom is -0.493 e. The van der Waals surface area contributed by atoms with Gasteiger partial charge in [-0.1, -0.05) is 19.9 Å². The number of rotatable bonds is 5. The lowest BCUT2D eigenvalue weighted by molar-refractivity contribution is 0.323. The Morgan fingerprint density at radius 3 is 1.76 bits per heavy atom. The summed E-state index contributed by atoms with van der Waals surface area (Å²) in [4.78, 5) is 0. The van der Waals surface area contributed by atoms with Crippen LogP contribution in [0.5, 0.6) is 17.2 Å². The first-order chi connectivity index (χ1) is 8.00. The molecular formula is C14H20O3. The number of methoxy groups -OCH3 is 3. The monoisotopic (exact) mass is 236 g/mol. The van der Waals surface area contributed by atoms with Crippen LogP contribution in [0.3, 0.4) is 0 Å². The first-order valence-corrected chi connectivity index (χ1v) is 5.44. The number of hydrogen-bond donors (Lipinski definition) is 0. The zero-order chi connectivity index (χ0) is 13.1. The van der Waals surface area contributed by atoms with Gasteiger partial charge in [0.05, 0.1) is 21.3 Å². The van der Waals surface area contributed by atoms with Crippen LogP contribution in [-0.4, -0.2) is 21.3 Å². The summed E-state index contributed by atoms with van der Waals surface area (Å²) in [7, 11) is 4.82. The molecule has 0 aliphatic heterocycles. The summed E-state index contributed by atoms with van der Waals surface area (Å²) < 4.78 is 15.9. The third-order valence-corrected chi connectivity index (χ3v) is 2.92. The molecule has 3 nitrogen and oxygen atoms in total. The fraction of sp³-hybridized carbons (Fsp3) is 0.429. The molecule has 0 radical (unpaired) electrons. The van der Waals surface area contributed by atoms with Gasteiger partial charge in [-0.3, -0.25) is 0 Å². The fourth-order valence-electron chi connectivity index (χ4n) is 1.57. The van der Waals surface area contributed by atoms with Crippen molar-refractivity contribution in [1.29, 1.82) is 0 Å². The van der Waals surface area contributed by atoms with E-state index in [9.17, 15) is 0 Å². The summed E-state index contributed by atoms with van der Waals surface area (Å²) in [5, 5.41) is 0. The van der Waals surface area contributed by atoms with E-state index in [0.29, 0.717) is 17.2 Å². The third kappa shape index (κ3) is 2.54. The van der Waals surface area contributed by atoms with Gasteiger partial charge in [0.15, 0.2) is 11.5 Å². The van der Waals surface area contributed by atoms with Gasteiger partial charge in [0.25, 0.3) is 0 Å². The van der Waals surface area contributed by atoms with Gasteiger partial charge in [-0.15, -0.1) is 6.58 Å². The Morgan fingerprint density at radius 2 is 1.47 bits per heavy atom. The highest BCUT2D eigenvalue weighted by Crippen LogP contribution is 2.41. The number of hydrogen-bond acceptors (Lipinski definition) is 3. The van der Waals surface area contributed by atoms with Crippen molar-refractivity contribution >= 4 is 0 Å². The molecule has 0 N–H and O–H groups in total. The topological polar surface area (TPSA) is 27.7 Å². The highest BCUT2D eigenvalue weighted by molar-refractivity contribution is 5.55. The second kappa shape index (κ2) is 5.13. The van der Waals surface area contributed by atoms with Gasteiger partial charge in [0.2, 0.25) is 5.75 Å². The number of benzene rings is 1. The van der Waals surface area contributed by atoms with Crippen molar-refractivity contribution in [3.05, 3.63) is 30.4 Å². The fourth-order valence-corrected chi connectivity index (χ4v) is 1.57. The van der Waals surface area contributed by atoms with Crippen LogP contribution in [0.25, 0.3) is 0 Å². The smallest absolute Gasteiger partial charge is 0.203 e. The third-order valence-electron chi connectivity index (χ3n) is 2.92. The lowest BCUT2D eigenvalue weighted by Crippen LogP contribution is -2.13. The Kier molecular flexibility index (Phi) is 4.05. The normalized spacial score (nSPS) is 10.9. The summed E-state index contributed by atoms with van der Waals surface area (Å²) in [6.07, 6.45) is 1.90. The van der Waals surface area contributed by atoms with Crippen LogP contribution in [-0.2, 0) is 5.41 Å². The lowest BCUT2D eigenvalue weighted by atomic mass is 9.84. The SMILES string of the molecule is C=CC(C)(C)c1cc(OC)c(OC)c(OC)c1. The molecule has 0 saturated carbocycles. The highest BCUT2D eigenvalue weighted by atomic mass is 16.5. The van der Waals surface area contributed by atoms with Gasteiger partial charge in [-0.25, -0.2) is 0 Å². The number of allylic oxidation sites excluding steroid dienone is 1. The Hall–Kier alpha value is -1.64. The predicted octanol–water partition coefficient (Wildman–Crippen LogP) is 3.18. The van der Waals surface area contributed by atoms with E-state index in [2.05, 4.69) is 20.4 Å². The van der Waals surface area contributed by atoms with Gasteiger partial charge >= 0.3 is 0 Å². The van der Waals surface area contributed by atoms with E-state index in [1.165, 1.54) is 0 Å². The molecule has 1 aromatic carbocycles. The summed E-state index contributed by atoms with van der Waals surface area (Å²) in [6, 6.07) is 3.89. The number of ether oxygens (including phenoxy) is 3. The molecule has 1 rings (SSSR count). The minimum atomic E-state index is -0.146. The molecule has 0 spiro atoms. The molecule has 1 aromatic rings. The molecule has 0 saturated heterocycles. The molecule has 17 heavy (non-hydrogen) atoms. The maximum Gasteiger partial charge on any atom is 0.203 e.